The lowest BCUT2D eigenvalue weighted by Gasteiger charge is -2.18. The van der Waals surface area contributed by atoms with Gasteiger partial charge in [-0.05, 0) is 38.5 Å². The van der Waals surface area contributed by atoms with Crippen molar-refractivity contribution in [2.75, 3.05) is 19.0 Å². The van der Waals surface area contributed by atoms with Crippen molar-refractivity contribution in [1.29, 1.82) is 5.26 Å². The number of nitrogens with zero attached hydrogens (tertiary/aromatic N) is 3. The highest BCUT2D eigenvalue weighted by molar-refractivity contribution is 5.55. The number of hydrogen-bond acceptors (Lipinski definition) is 6. The number of nitrogens with one attached hydrogen (secondary N) is 1. The van der Waals surface area contributed by atoms with Gasteiger partial charge in [-0.15, -0.1) is 5.10 Å². The molecule has 1 N–H and O–H groups in total. The molecule has 1 unspecified atom stereocenters. The van der Waals surface area contributed by atoms with E-state index in [0.29, 0.717) is 29.4 Å². The SMILES string of the molecule is COc1ccccc1OC(C)CNc1nnc(C)c(C)c1C#N. The molecule has 0 aliphatic carbocycles. The molecule has 1 aromatic heterocycles. The van der Waals surface area contributed by atoms with Gasteiger partial charge in [0.15, 0.2) is 17.3 Å². The quantitative estimate of drug-likeness (QED) is 0.883. The fourth-order valence-electron chi connectivity index (χ4n) is 2.08. The van der Waals surface area contributed by atoms with Gasteiger partial charge in [-0.1, -0.05) is 12.1 Å². The molecule has 0 spiro atoms. The Morgan fingerprint density at radius 3 is 2.57 bits per heavy atom. The Bertz CT molecular complexity index is 725. The van der Waals surface area contributed by atoms with Crippen molar-refractivity contribution < 1.29 is 9.47 Å². The van der Waals surface area contributed by atoms with Gasteiger partial charge < -0.3 is 14.8 Å². The molecule has 0 saturated heterocycles. The highest BCUT2D eigenvalue weighted by Crippen LogP contribution is 2.27. The highest BCUT2D eigenvalue weighted by Gasteiger charge is 2.13. The van der Waals surface area contributed by atoms with Crippen LogP contribution in [0.3, 0.4) is 0 Å². The number of para-hydroxylation sites is 2. The van der Waals surface area contributed by atoms with Crippen molar-refractivity contribution in [2.45, 2.75) is 26.9 Å². The Morgan fingerprint density at radius 2 is 1.91 bits per heavy atom. The first-order chi connectivity index (χ1) is 11.1. The number of nitriles is 1. The van der Waals surface area contributed by atoms with E-state index in [0.717, 1.165) is 11.3 Å². The standard InChI is InChI=1S/C17H20N4O2/c1-11(23-16-8-6-5-7-15(16)22-4)10-19-17-14(9-18)12(2)13(3)20-21-17/h5-8,11H,10H2,1-4H3,(H,19,21). The molecule has 23 heavy (non-hydrogen) atoms. The van der Waals surface area contributed by atoms with Gasteiger partial charge in [0, 0.05) is 0 Å². The molecule has 1 heterocycles. The number of rotatable bonds is 6. The minimum absolute atomic E-state index is 0.138. The molecule has 0 radical (unpaired) electrons. The van der Waals surface area contributed by atoms with E-state index in [-0.39, 0.29) is 6.10 Å². The van der Waals surface area contributed by atoms with Crippen LogP contribution in [0.5, 0.6) is 11.5 Å². The Kier molecular flexibility index (Phi) is 5.36. The van der Waals surface area contributed by atoms with Crippen molar-refractivity contribution in [3.63, 3.8) is 0 Å². The van der Waals surface area contributed by atoms with E-state index in [1.165, 1.54) is 0 Å². The van der Waals surface area contributed by atoms with Crippen molar-refractivity contribution in [3.05, 3.63) is 41.1 Å². The lowest BCUT2D eigenvalue weighted by atomic mass is 10.1. The van der Waals surface area contributed by atoms with Crippen molar-refractivity contribution in [1.82, 2.24) is 10.2 Å². The molecule has 1 aromatic carbocycles. The molecule has 2 aromatic rings. The summed E-state index contributed by atoms with van der Waals surface area (Å²) in [6, 6.07) is 9.65. The van der Waals surface area contributed by atoms with Crippen LogP contribution in [0, 0.1) is 25.2 Å². The summed E-state index contributed by atoms with van der Waals surface area (Å²) in [5.74, 6) is 1.84. The molecular formula is C17H20N4O2. The number of methoxy groups -OCH3 is 1. The van der Waals surface area contributed by atoms with Crippen LogP contribution in [0.25, 0.3) is 0 Å². The van der Waals surface area contributed by atoms with Crippen LogP contribution in [0.4, 0.5) is 5.82 Å². The largest absolute Gasteiger partial charge is 0.493 e. The van der Waals surface area contributed by atoms with E-state index in [9.17, 15) is 5.26 Å². The van der Waals surface area contributed by atoms with Gasteiger partial charge in [0.25, 0.3) is 0 Å². The maximum Gasteiger partial charge on any atom is 0.167 e. The van der Waals surface area contributed by atoms with Gasteiger partial charge in [-0.3, -0.25) is 0 Å². The second-order valence-electron chi connectivity index (χ2n) is 5.21. The Hall–Kier alpha value is -2.81. The number of hydrogen-bond donors (Lipinski definition) is 1. The second kappa shape index (κ2) is 7.45. The normalized spacial score (nSPS) is 11.4. The number of aryl methyl sites for hydroxylation is 1. The molecule has 0 amide bonds. The van der Waals surface area contributed by atoms with Crippen LogP contribution in [0.1, 0.15) is 23.7 Å². The average Bonchev–Trinajstić information content (AvgIpc) is 2.56. The average molecular weight is 312 g/mol. The number of benzene rings is 1. The third-order valence-corrected chi connectivity index (χ3v) is 3.52. The van der Waals surface area contributed by atoms with E-state index >= 15 is 0 Å². The van der Waals surface area contributed by atoms with E-state index in [1.54, 1.807) is 7.11 Å². The summed E-state index contributed by atoms with van der Waals surface area (Å²) in [6.07, 6.45) is -0.138. The van der Waals surface area contributed by atoms with Gasteiger partial charge in [0.1, 0.15) is 17.7 Å². The molecule has 1 atom stereocenters. The van der Waals surface area contributed by atoms with Gasteiger partial charge in [0.2, 0.25) is 0 Å². The Balaban J connectivity index is 2.04. The summed E-state index contributed by atoms with van der Waals surface area (Å²) in [6.45, 7) is 6.12. The number of anilines is 1. The monoisotopic (exact) mass is 312 g/mol. The summed E-state index contributed by atoms with van der Waals surface area (Å²) in [4.78, 5) is 0. The Morgan fingerprint density at radius 1 is 1.22 bits per heavy atom. The zero-order valence-corrected chi connectivity index (χ0v) is 13.8. The van der Waals surface area contributed by atoms with E-state index in [2.05, 4.69) is 21.6 Å². The smallest absolute Gasteiger partial charge is 0.167 e. The fraction of sp³-hybridized carbons (Fsp3) is 0.353. The summed E-state index contributed by atoms with van der Waals surface area (Å²) in [5.41, 5.74) is 2.11. The summed E-state index contributed by atoms with van der Waals surface area (Å²) in [5, 5.41) is 20.5. The number of aromatic nitrogens is 2. The van der Waals surface area contributed by atoms with Crippen LogP contribution in [-0.4, -0.2) is 30.0 Å². The van der Waals surface area contributed by atoms with Crippen LogP contribution in [0.2, 0.25) is 0 Å². The van der Waals surface area contributed by atoms with Gasteiger partial charge in [0.05, 0.1) is 19.3 Å². The summed E-state index contributed by atoms with van der Waals surface area (Å²) >= 11 is 0. The third kappa shape index (κ3) is 3.89. The van der Waals surface area contributed by atoms with Crippen LogP contribution >= 0.6 is 0 Å². The van der Waals surface area contributed by atoms with Gasteiger partial charge in [-0.25, -0.2) is 0 Å². The first-order valence-electron chi connectivity index (χ1n) is 7.34. The molecule has 0 fully saturated rings. The van der Waals surface area contributed by atoms with Crippen molar-refractivity contribution in [2.24, 2.45) is 0 Å². The maximum atomic E-state index is 9.29. The maximum absolute atomic E-state index is 9.29. The third-order valence-electron chi connectivity index (χ3n) is 3.52. The summed E-state index contributed by atoms with van der Waals surface area (Å²) in [7, 11) is 1.61. The van der Waals surface area contributed by atoms with Crippen molar-refractivity contribution in [3.8, 4) is 17.6 Å². The predicted molar refractivity (Wildman–Crippen MR) is 87.8 cm³/mol. The first kappa shape index (κ1) is 16.6. The van der Waals surface area contributed by atoms with Gasteiger partial charge >= 0.3 is 0 Å². The molecule has 120 valence electrons. The molecule has 0 aliphatic heterocycles. The fourth-order valence-corrected chi connectivity index (χ4v) is 2.08. The zero-order valence-electron chi connectivity index (χ0n) is 13.8. The molecule has 0 bridgehead atoms. The molecule has 2 rings (SSSR count). The summed E-state index contributed by atoms with van der Waals surface area (Å²) < 4.78 is 11.1. The van der Waals surface area contributed by atoms with Gasteiger partial charge in [-0.2, -0.15) is 10.4 Å². The number of ether oxygens (including phenoxy) is 2. The lowest BCUT2D eigenvalue weighted by Crippen LogP contribution is -2.24. The van der Waals surface area contributed by atoms with Crippen LogP contribution in [0.15, 0.2) is 24.3 Å². The molecule has 6 heteroatoms. The molecule has 0 aliphatic rings. The second-order valence-corrected chi connectivity index (χ2v) is 5.21. The molecule has 6 nitrogen and oxygen atoms in total. The minimum atomic E-state index is -0.138. The lowest BCUT2D eigenvalue weighted by molar-refractivity contribution is 0.223. The predicted octanol–water partition coefficient (Wildman–Crippen LogP) is 2.85. The minimum Gasteiger partial charge on any atom is -0.493 e. The first-order valence-corrected chi connectivity index (χ1v) is 7.34. The van der Waals surface area contributed by atoms with E-state index in [4.69, 9.17) is 9.47 Å². The molecule has 0 saturated carbocycles. The molecular weight excluding hydrogens is 292 g/mol. The zero-order chi connectivity index (χ0) is 16.8. The van der Waals surface area contributed by atoms with E-state index in [1.807, 2.05) is 45.0 Å². The van der Waals surface area contributed by atoms with Crippen LogP contribution in [-0.2, 0) is 0 Å². The van der Waals surface area contributed by atoms with Crippen LogP contribution < -0.4 is 14.8 Å². The Labute approximate surface area is 136 Å². The highest BCUT2D eigenvalue weighted by atomic mass is 16.5. The topological polar surface area (TPSA) is 80.1 Å². The van der Waals surface area contributed by atoms with Crippen molar-refractivity contribution >= 4 is 5.82 Å². The van der Waals surface area contributed by atoms with E-state index < -0.39 is 0 Å².